The summed E-state index contributed by atoms with van der Waals surface area (Å²) < 4.78 is 5.51. The van der Waals surface area contributed by atoms with Gasteiger partial charge in [0.25, 0.3) is 0 Å². The molecule has 1 atom stereocenters. The summed E-state index contributed by atoms with van der Waals surface area (Å²) in [5.41, 5.74) is 2.56. The van der Waals surface area contributed by atoms with Crippen molar-refractivity contribution in [3.05, 3.63) is 54.1 Å². The number of carbonyl (C=O) groups excluding carboxylic acids is 1. The molecule has 1 fully saturated rings. The second kappa shape index (κ2) is 7.94. The molecule has 0 aliphatic carbocycles. The van der Waals surface area contributed by atoms with Gasteiger partial charge >= 0.3 is 6.09 Å². The Morgan fingerprint density at radius 2 is 1.83 bits per heavy atom. The van der Waals surface area contributed by atoms with E-state index in [2.05, 4.69) is 18.3 Å². The first kappa shape index (κ1) is 20.1. The standard InChI is InChI=1S/C24H28N4O2/c1-16-9-5-6-10-18(16)21-26-20-12-8-7-11-19(20)22(27-21)25-17-13-14-28(15-17)23(29)30-24(2,3)4/h5-12,17H,13-15H2,1-4H3,(H,25,26,27)/t17-/m0/s1. The van der Waals surface area contributed by atoms with Crippen molar-refractivity contribution in [2.45, 2.75) is 45.8 Å². The van der Waals surface area contributed by atoms with Crippen LogP contribution in [-0.2, 0) is 4.74 Å². The second-order valence-electron chi connectivity index (χ2n) is 8.78. The van der Waals surface area contributed by atoms with Gasteiger partial charge < -0.3 is 15.0 Å². The molecule has 30 heavy (non-hydrogen) atoms. The zero-order chi connectivity index (χ0) is 21.3. The highest BCUT2D eigenvalue weighted by Gasteiger charge is 2.30. The number of nitrogens with one attached hydrogen (secondary N) is 1. The predicted octanol–water partition coefficient (Wildman–Crippen LogP) is 5.03. The fourth-order valence-corrected chi connectivity index (χ4v) is 3.69. The zero-order valence-corrected chi connectivity index (χ0v) is 18.0. The van der Waals surface area contributed by atoms with Crippen LogP contribution in [0.1, 0.15) is 32.8 Å². The fourth-order valence-electron chi connectivity index (χ4n) is 3.69. The molecular formula is C24H28N4O2. The van der Waals surface area contributed by atoms with Gasteiger partial charge in [-0.3, -0.25) is 0 Å². The first-order chi connectivity index (χ1) is 14.3. The smallest absolute Gasteiger partial charge is 0.410 e. The third-order valence-corrected chi connectivity index (χ3v) is 5.17. The van der Waals surface area contributed by atoms with E-state index in [0.29, 0.717) is 18.9 Å². The van der Waals surface area contributed by atoms with Gasteiger partial charge in [-0.2, -0.15) is 0 Å². The van der Waals surface area contributed by atoms with Crippen molar-refractivity contribution in [3.63, 3.8) is 0 Å². The SMILES string of the molecule is Cc1ccccc1-c1nc(N[C@H]2CCN(C(=O)OC(C)(C)C)C2)c2ccccc2n1. The van der Waals surface area contributed by atoms with Crippen LogP contribution >= 0.6 is 0 Å². The van der Waals surface area contributed by atoms with Gasteiger partial charge in [-0.1, -0.05) is 36.4 Å². The summed E-state index contributed by atoms with van der Waals surface area (Å²) >= 11 is 0. The Labute approximate surface area is 177 Å². The van der Waals surface area contributed by atoms with Crippen LogP contribution in [0.2, 0.25) is 0 Å². The van der Waals surface area contributed by atoms with E-state index in [1.807, 2.05) is 63.2 Å². The topological polar surface area (TPSA) is 67.4 Å². The molecule has 6 nitrogen and oxygen atoms in total. The molecular weight excluding hydrogens is 376 g/mol. The van der Waals surface area contributed by atoms with Gasteiger partial charge in [0.15, 0.2) is 5.82 Å². The molecule has 1 aromatic heterocycles. The number of rotatable bonds is 3. The molecule has 3 aromatic rings. The first-order valence-corrected chi connectivity index (χ1v) is 10.4. The van der Waals surface area contributed by atoms with Crippen LogP contribution in [0.3, 0.4) is 0 Å². The molecule has 0 spiro atoms. The Bertz CT molecular complexity index is 1070. The predicted molar refractivity (Wildman–Crippen MR) is 120 cm³/mol. The van der Waals surface area contributed by atoms with Gasteiger partial charge in [0.05, 0.1) is 5.52 Å². The summed E-state index contributed by atoms with van der Waals surface area (Å²) in [5, 5.41) is 4.54. The molecule has 1 aliphatic rings. The molecule has 1 N–H and O–H groups in total. The number of ether oxygens (including phenoxy) is 1. The number of aromatic nitrogens is 2. The van der Waals surface area contributed by atoms with Crippen molar-refractivity contribution in [2.75, 3.05) is 18.4 Å². The van der Waals surface area contributed by atoms with E-state index >= 15 is 0 Å². The Morgan fingerprint density at radius 3 is 2.60 bits per heavy atom. The maximum atomic E-state index is 12.4. The largest absolute Gasteiger partial charge is 0.444 e. The minimum atomic E-state index is -0.492. The molecule has 0 bridgehead atoms. The first-order valence-electron chi connectivity index (χ1n) is 10.4. The highest BCUT2D eigenvalue weighted by Crippen LogP contribution is 2.28. The quantitative estimate of drug-likeness (QED) is 0.663. The highest BCUT2D eigenvalue weighted by atomic mass is 16.6. The van der Waals surface area contributed by atoms with Crippen LogP contribution in [0.25, 0.3) is 22.3 Å². The lowest BCUT2D eigenvalue weighted by atomic mass is 10.1. The molecule has 4 rings (SSSR count). The summed E-state index contributed by atoms with van der Waals surface area (Å²) in [5.74, 6) is 1.51. The molecule has 1 aliphatic heterocycles. The van der Waals surface area contributed by atoms with E-state index in [4.69, 9.17) is 14.7 Å². The Morgan fingerprint density at radius 1 is 1.10 bits per heavy atom. The lowest BCUT2D eigenvalue weighted by Crippen LogP contribution is -2.36. The maximum absolute atomic E-state index is 12.4. The van der Waals surface area contributed by atoms with Crippen LogP contribution in [-0.4, -0.2) is 45.7 Å². The third kappa shape index (κ3) is 4.37. The van der Waals surface area contributed by atoms with E-state index in [0.717, 1.165) is 34.3 Å². The van der Waals surface area contributed by atoms with E-state index in [1.54, 1.807) is 4.90 Å². The number of hydrogen-bond donors (Lipinski definition) is 1. The summed E-state index contributed by atoms with van der Waals surface area (Å²) in [6.45, 7) is 8.98. The van der Waals surface area contributed by atoms with Crippen molar-refractivity contribution in [3.8, 4) is 11.4 Å². The lowest BCUT2D eigenvalue weighted by molar-refractivity contribution is 0.0293. The highest BCUT2D eigenvalue weighted by molar-refractivity contribution is 5.90. The van der Waals surface area contributed by atoms with Gasteiger partial charge in [-0.15, -0.1) is 0 Å². The summed E-state index contributed by atoms with van der Waals surface area (Å²) in [7, 11) is 0. The monoisotopic (exact) mass is 404 g/mol. The van der Waals surface area contributed by atoms with Gasteiger partial charge in [0.1, 0.15) is 11.4 Å². The number of aryl methyl sites for hydroxylation is 1. The van der Waals surface area contributed by atoms with Crippen LogP contribution in [0.5, 0.6) is 0 Å². The van der Waals surface area contributed by atoms with E-state index < -0.39 is 5.60 Å². The molecule has 6 heteroatoms. The van der Waals surface area contributed by atoms with E-state index in [-0.39, 0.29) is 12.1 Å². The van der Waals surface area contributed by atoms with Crippen molar-refractivity contribution >= 4 is 22.8 Å². The molecule has 0 radical (unpaired) electrons. The van der Waals surface area contributed by atoms with Crippen LogP contribution in [0, 0.1) is 6.92 Å². The molecule has 0 saturated carbocycles. The van der Waals surface area contributed by atoms with Crippen LogP contribution in [0.15, 0.2) is 48.5 Å². The number of carbonyl (C=O) groups is 1. The average molecular weight is 405 g/mol. The normalized spacial score (nSPS) is 16.7. The second-order valence-corrected chi connectivity index (χ2v) is 8.78. The third-order valence-electron chi connectivity index (χ3n) is 5.17. The summed E-state index contributed by atoms with van der Waals surface area (Å²) in [6.07, 6.45) is 0.581. The van der Waals surface area contributed by atoms with Crippen LogP contribution < -0.4 is 5.32 Å². The van der Waals surface area contributed by atoms with Gasteiger partial charge in [0, 0.05) is 30.1 Å². The molecule has 2 aromatic carbocycles. The Balaban J connectivity index is 1.60. The van der Waals surface area contributed by atoms with Gasteiger partial charge in [-0.05, 0) is 51.8 Å². The number of benzene rings is 2. The Kier molecular flexibility index (Phi) is 5.33. The van der Waals surface area contributed by atoms with Crippen LogP contribution in [0.4, 0.5) is 10.6 Å². The molecule has 2 heterocycles. The van der Waals surface area contributed by atoms with Crippen molar-refractivity contribution < 1.29 is 9.53 Å². The lowest BCUT2D eigenvalue weighted by Gasteiger charge is -2.24. The van der Waals surface area contributed by atoms with Crippen molar-refractivity contribution in [2.24, 2.45) is 0 Å². The molecule has 0 unspecified atom stereocenters. The number of para-hydroxylation sites is 1. The molecule has 1 saturated heterocycles. The van der Waals surface area contributed by atoms with Crippen molar-refractivity contribution in [1.29, 1.82) is 0 Å². The number of nitrogens with zero attached hydrogens (tertiary/aromatic N) is 3. The van der Waals surface area contributed by atoms with E-state index in [9.17, 15) is 4.79 Å². The van der Waals surface area contributed by atoms with E-state index in [1.165, 1.54) is 0 Å². The van der Waals surface area contributed by atoms with Gasteiger partial charge in [-0.25, -0.2) is 14.8 Å². The summed E-state index contributed by atoms with van der Waals surface area (Å²) in [6, 6.07) is 16.3. The number of hydrogen-bond acceptors (Lipinski definition) is 5. The number of likely N-dealkylation sites (tertiary alicyclic amines) is 1. The van der Waals surface area contributed by atoms with Crippen molar-refractivity contribution in [1.82, 2.24) is 14.9 Å². The molecule has 156 valence electrons. The maximum Gasteiger partial charge on any atom is 0.410 e. The average Bonchev–Trinajstić information content (AvgIpc) is 3.16. The number of amides is 1. The minimum Gasteiger partial charge on any atom is -0.444 e. The zero-order valence-electron chi connectivity index (χ0n) is 18.0. The Hall–Kier alpha value is -3.15. The number of anilines is 1. The minimum absolute atomic E-state index is 0.112. The fraction of sp³-hybridized carbons (Fsp3) is 0.375. The molecule has 1 amide bonds. The number of fused-ring (bicyclic) bond motifs is 1. The summed E-state index contributed by atoms with van der Waals surface area (Å²) in [4.78, 5) is 23.8. The van der Waals surface area contributed by atoms with Gasteiger partial charge in [0.2, 0.25) is 0 Å².